The van der Waals surface area contributed by atoms with E-state index < -0.39 is 0 Å². The van der Waals surface area contributed by atoms with E-state index in [1.54, 1.807) is 12.0 Å². The second kappa shape index (κ2) is 7.64. The molecule has 1 aliphatic rings. The molecule has 0 fully saturated rings. The summed E-state index contributed by atoms with van der Waals surface area (Å²) in [7, 11) is 1.57. The van der Waals surface area contributed by atoms with Gasteiger partial charge in [0.25, 0.3) is 0 Å². The van der Waals surface area contributed by atoms with Crippen molar-refractivity contribution in [3.8, 4) is 5.75 Å². The van der Waals surface area contributed by atoms with Gasteiger partial charge in [-0.1, -0.05) is 12.1 Å². The second-order valence-corrected chi connectivity index (χ2v) is 4.70. The molecule has 0 saturated heterocycles. The van der Waals surface area contributed by atoms with Crippen molar-refractivity contribution >= 4 is 17.5 Å². The number of para-hydroxylation sites is 2. The van der Waals surface area contributed by atoms with Crippen LogP contribution in [0.15, 0.2) is 24.3 Å². The zero-order valence-corrected chi connectivity index (χ0v) is 12.1. The van der Waals surface area contributed by atoms with Crippen LogP contribution in [-0.2, 0) is 14.3 Å². The largest absolute Gasteiger partial charge is 0.490 e. The van der Waals surface area contributed by atoms with Gasteiger partial charge in [-0.05, 0) is 12.1 Å². The molecule has 1 aromatic rings. The third-order valence-corrected chi connectivity index (χ3v) is 3.22. The Kier molecular flexibility index (Phi) is 5.57. The highest BCUT2D eigenvalue weighted by atomic mass is 16.5. The van der Waals surface area contributed by atoms with Gasteiger partial charge in [0.05, 0.1) is 18.8 Å². The lowest BCUT2D eigenvalue weighted by molar-refractivity contribution is -0.125. The number of benzene rings is 1. The predicted molar refractivity (Wildman–Crippen MR) is 78.4 cm³/mol. The highest BCUT2D eigenvalue weighted by molar-refractivity contribution is 5.97. The van der Waals surface area contributed by atoms with Crippen molar-refractivity contribution in [1.82, 2.24) is 5.32 Å². The summed E-state index contributed by atoms with van der Waals surface area (Å²) in [6.45, 7) is 1.92. The monoisotopic (exact) mass is 292 g/mol. The Hall–Kier alpha value is -2.08. The molecule has 0 aliphatic carbocycles. The molecule has 2 rings (SSSR count). The lowest BCUT2D eigenvalue weighted by atomic mass is 10.2. The van der Waals surface area contributed by atoms with Gasteiger partial charge >= 0.3 is 0 Å². The van der Waals surface area contributed by atoms with Gasteiger partial charge in [-0.25, -0.2) is 0 Å². The number of amides is 2. The molecule has 0 bridgehead atoms. The normalized spacial score (nSPS) is 13.3. The van der Waals surface area contributed by atoms with E-state index in [4.69, 9.17) is 9.47 Å². The van der Waals surface area contributed by atoms with Crippen LogP contribution in [0.2, 0.25) is 0 Å². The minimum Gasteiger partial charge on any atom is -0.490 e. The van der Waals surface area contributed by atoms with Crippen molar-refractivity contribution in [3.05, 3.63) is 24.3 Å². The van der Waals surface area contributed by atoms with Crippen molar-refractivity contribution in [2.75, 3.05) is 38.3 Å². The van der Waals surface area contributed by atoms with Crippen LogP contribution in [0, 0.1) is 0 Å². The van der Waals surface area contributed by atoms with Crippen molar-refractivity contribution in [1.29, 1.82) is 0 Å². The van der Waals surface area contributed by atoms with Crippen LogP contribution in [0.3, 0.4) is 0 Å². The van der Waals surface area contributed by atoms with Crippen molar-refractivity contribution in [2.24, 2.45) is 0 Å². The summed E-state index contributed by atoms with van der Waals surface area (Å²) in [6.07, 6.45) is 0.370. The molecule has 1 heterocycles. The van der Waals surface area contributed by atoms with Crippen LogP contribution in [0.25, 0.3) is 0 Å². The number of anilines is 1. The molecule has 1 N–H and O–H groups in total. The molecule has 1 aromatic carbocycles. The van der Waals surface area contributed by atoms with Gasteiger partial charge in [-0.15, -0.1) is 0 Å². The number of fused-ring (bicyclic) bond motifs is 1. The molecule has 0 saturated carbocycles. The molecule has 1 aliphatic heterocycles. The first-order chi connectivity index (χ1) is 10.2. The number of methoxy groups -OCH3 is 1. The van der Waals surface area contributed by atoms with Gasteiger partial charge < -0.3 is 19.7 Å². The quantitative estimate of drug-likeness (QED) is 0.793. The van der Waals surface area contributed by atoms with E-state index in [0.29, 0.717) is 32.1 Å². The Labute approximate surface area is 124 Å². The van der Waals surface area contributed by atoms with Gasteiger partial charge in [0.1, 0.15) is 12.4 Å². The molecule has 114 valence electrons. The van der Waals surface area contributed by atoms with Gasteiger partial charge in [0.2, 0.25) is 11.8 Å². The number of rotatable bonds is 6. The molecule has 0 atom stereocenters. The van der Waals surface area contributed by atoms with E-state index in [9.17, 15) is 9.59 Å². The van der Waals surface area contributed by atoms with E-state index in [2.05, 4.69) is 5.32 Å². The van der Waals surface area contributed by atoms with Gasteiger partial charge in [-0.2, -0.15) is 0 Å². The fraction of sp³-hybridized carbons (Fsp3) is 0.467. The first-order valence-corrected chi connectivity index (χ1v) is 7.00. The van der Waals surface area contributed by atoms with Crippen LogP contribution in [0.5, 0.6) is 5.75 Å². The summed E-state index contributed by atoms with van der Waals surface area (Å²) >= 11 is 0. The topological polar surface area (TPSA) is 67.9 Å². The standard InChI is InChI=1S/C15H20N2O4/c1-20-10-8-16-14(18)6-7-15(19)17-9-11-21-13-5-3-2-4-12(13)17/h2-5H,6-11H2,1H3,(H,16,18). The number of nitrogens with zero attached hydrogens (tertiary/aromatic N) is 1. The average molecular weight is 292 g/mol. The third kappa shape index (κ3) is 4.19. The van der Waals surface area contributed by atoms with Crippen LogP contribution in [0.1, 0.15) is 12.8 Å². The Morgan fingerprint density at radius 2 is 2.14 bits per heavy atom. The van der Waals surface area contributed by atoms with E-state index >= 15 is 0 Å². The number of hydrogen-bond donors (Lipinski definition) is 1. The Bertz CT molecular complexity index is 504. The van der Waals surface area contributed by atoms with Crippen LogP contribution in [-0.4, -0.2) is 45.2 Å². The van der Waals surface area contributed by atoms with E-state index in [-0.39, 0.29) is 24.7 Å². The fourth-order valence-corrected chi connectivity index (χ4v) is 2.16. The number of hydrogen-bond acceptors (Lipinski definition) is 4. The second-order valence-electron chi connectivity index (χ2n) is 4.70. The van der Waals surface area contributed by atoms with Gasteiger partial charge in [0, 0.05) is 26.5 Å². The van der Waals surface area contributed by atoms with Crippen LogP contribution < -0.4 is 15.0 Å². The molecule has 0 unspecified atom stereocenters. The maximum Gasteiger partial charge on any atom is 0.227 e. The summed E-state index contributed by atoms with van der Waals surface area (Å²) in [5.74, 6) is 0.510. The zero-order chi connectivity index (χ0) is 15.1. The molecule has 0 radical (unpaired) electrons. The lowest BCUT2D eigenvalue weighted by Gasteiger charge is -2.29. The molecular formula is C15H20N2O4. The number of carbonyl (C=O) groups is 2. The van der Waals surface area contributed by atoms with Crippen LogP contribution in [0.4, 0.5) is 5.69 Å². The molecule has 6 nitrogen and oxygen atoms in total. The molecule has 2 amide bonds. The molecule has 0 spiro atoms. The van der Waals surface area contributed by atoms with E-state index in [1.807, 2.05) is 24.3 Å². The molecule has 21 heavy (non-hydrogen) atoms. The Morgan fingerprint density at radius 3 is 2.95 bits per heavy atom. The Balaban J connectivity index is 1.86. The molecular weight excluding hydrogens is 272 g/mol. The highest BCUT2D eigenvalue weighted by Gasteiger charge is 2.23. The molecule has 0 aromatic heterocycles. The van der Waals surface area contributed by atoms with Crippen molar-refractivity contribution < 1.29 is 19.1 Å². The van der Waals surface area contributed by atoms with Gasteiger partial charge in [0.15, 0.2) is 0 Å². The minimum absolute atomic E-state index is 0.0624. The first-order valence-electron chi connectivity index (χ1n) is 7.00. The summed E-state index contributed by atoms with van der Waals surface area (Å²) in [5, 5.41) is 2.70. The maximum absolute atomic E-state index is 12.3. The average Bonchev–Trinajstić information content (AvgIpc) is 2.52. The van der Waals surface area contributed by atoms with Crippen LogP contribution >= 0.6 is 0 Å². The minimum atomic E-state index is -0.137. The predicted octanol–water partition coefficient (Wildman–Crippen LogP) is 0.955. The van der Waals surface area contributed by atoms with Crippen molar-refractivity contribution in [3.63, 3.8) is 0 Å². The third-order valence-electron chi connectivity index (χ3n) is 3.22. The smallest absolute Gasteiger partial charge is 0.227 e. The summed E-state index contributed by atoms with van der Waals surface area (Å²) in [6, 6.07) is 7.43. The first kappa shape index (κ1) is 15.3. The van der Waals surface area contributed by atoms with Gasteiger partial charge in [-0.3, -0.25) is 9.59 Å². The van der Waals surface area contributed by atoms with E-state index in [0.717, 1.165) is 5.69 Å². The molecule has 6 heteroatoms. The fourth-order valence-electron chi connectivity index (χ4n) is 2.16. The van der Waals surface area contributed by atoms with Crippen molar-refractivity contribution in [2.45, 2.75) is 12.8 Å². The lowest BCUT2D eigenvalue weighted by Crippen LogP contribution is -2.38. The number of ether oxygens (including phenoxy) is 2. The highest BCUT2D eigenvalue weighted by Crippen LogP contribution is 2.31. The van der Waals surface area contributed by atoms with E-state index in [1.165, 1.54) is 0 Å². The SMILES string of the molecule is COCCNC(=O)CCC(=O)N1CCOc2ccccc21. The maximum atomic E-state index is 12.3. The summed E-state index contributed by atoms with van der Waals surface area (Å²) < 4.78 is 10.4. The number of nitrogens with one attached hydrogen (secondary N) is 1. The summed E-state index contributed by atoms with van der Waals surface area (Å²) in [5.41, 5.74) is 0.772. The summed E-state index contributed by atoms with van der Waals surface area (Å²) in [4.78, 5) is 25.5. The Morgan fingerprint density at radius 1 is 1.33 bits per heavy atom. The number of carbonyl (C=O) groups excluding carboxylic acids is 2. The zero-order valence-electron chi connectivity index (χ0n) is 12.1.